The van der Waals surface area contributed by atoms with Gasteiger partial charge in [-0.2, -0.15) is 0 Å². The highest BCUT2D eigenvalue weighted by atomic mass is 19.1. The van der Waals surface area contributed by atoms with Gasteiger partial charge >= 0.3 is 0 Å². The van der Waals surface area contributed by atoms with Gasteiger partial charge in [-0.05, 0) is 44.9 Å². The number of likely N-dealkylation sites (N-methyl/N-ethyl adjacent to an activating group) is 1. The second kappa shape index (κ2) is 7.34. The van der Waals surface area contributed by atoms with Gasteiger partial charge in [-0.3, -0.25) is 4.79 Å². The normalized spacial score (nSPS) is 24.5. The van der Waals surface area contributed by atoms with Crippen LogP contribution >= 0.6 is 0 Å². The summed E-state index contributed by atoms with van der Waals surface area (Å²) in [6, 6.07) is 0.166. The number of nitrogens with one attached hydrogen (secondary N) is 1. The van der Waals surface area contributed by atoms with E-state index >= 15 is 0 Å². The van der Waals surface area contributed by atoms with Crippen molar-refractivity contribution in [2.45, 2.75) is 44.6 Å². The van der Waals surface area contributed by atoms with E-state index in [1.807, 2.05) is 13.1 Å². The lowest BCUT2D eigenvalue weighted by Gasteiger charge is -2.18. The first kappa shape index (κ1) is 13.1. The molecular weight excluding hydrogens is 205 g/mol. The molecule has 3 heteroatoms. The van der Waals surface area contributed by atoms with Gasteiger partial charge < -0.3 is 5.32 Å². The SMILES string of the molecule is CNC1CCCCC1=O.FC1=CCCC=C1. The lowest BCUT2D eigenvalue weighted by Crippen LogP contribution is -2.36. The molecule has 0 aromatic rings. The monoisotopic (exact) mass is 225 g/mol. The van der Waals surface area contributed by atoms with Crippen molar-refractivity contribution in [3.63, 3.8) is 0 Å². The summed E-state index contributed by atoms with van der Waals surface area (Å²) in [5.41, 5.74) is 0. The van der Waals surface area contributed by atoms with Crippen molar-refractivity contribution in [3.05, 3.63) is 24.1 Å². The van der Waals surface area contributed by atoms with Gasteiger partial charge in [-0.25, -0.2) is 4.39 Å². The highest BCUT2D eigenvalue weighted by molar-refractivity contribution is 5.84. The lowest BCUT2D eigenvalue weighted by atomic mass is 9.94. The molecule has 2 nitrogen and oxygen atoms in total. The topological polar surface area (TPSA) is 29.1 Å². The Hall–Kier alpha value is -0.960. The summed E-state index contributed by atoms with van der Waals surface area (Å²) in [7, 11) is 1.86. The molecule has 0 heterocycles. The molecule has 0 aliphatic heterocycles. The maximum atomic E-state index is 12.0. The van der Waals surface area contributed by atoms with Crippen LogP contribution in [0, 0.1) is 0 Å². The molecule has 1 atom stereocenters. The molecule has 0 radical (unpaired) electrons. The van der Waals surface area contributed by atoms with Crippen LogP contribution in [0.3, 0.4) is 0 Å². The molecule has 2 aliphatic carbocycles. The third-order valence-corrected chi connectivity index (χ3v) is 2.85. The predicted molar refractivity (Wildman–Crippen MR) is 63.9 cm³/mol. The molecule has 0 bridgehead atoms. The zero-order valence-electron chi connectivity index (χ0n) is 9.84. The molecule has 1 saturated carbocycles. The number of halogens is 1. The van der Waals surface area contributed by atoms with E-state index in [1.165, 1.54) is 12.5 Å². The molecule has 0 aromatic carbocycles. The van der Waals surface area contributed by atoms with Crippen molar-refractivity contribution in [2.24, 2.45) is 0 Å². The summed E-state index contributed by atoms with van der Waals surface area (Å²) in [6.45, 7) is 0. The first-order chi connectivity index (χ1) is 7.74. The van der Waals surface area contributed by atoms with Crippen LogP contribution in [0.1, 0.15) is 38.5 Å². The zero-order valence-corrected chi connectivity index (χ0v) is 9.84. The average Bonchev–Trinajstić information content (AvgIpc) is 2.31. The van der Waals surface area contributed by atoms with Gasteiger partial charge in [-0.15, -0.1) is 0 Å². The number of Topliss-reactive ketones (excluding diaryl/α,β-unsaturated/α-hetero) is 1. The average molecular weight is 225 g/mol. The summed E-state index contributed by atoms with van der Waals surface area (Å²) in [4.78, 5) is 11.0. The molecule has 2 rings (SSSR count). The Balaban J connectivity index is 0.000000165. The first-order valence-corrected chi connectivity index (χ1v) is 5.96. The number of hydrogen-bond acceptors (Lipinski definition) is 2. The van der Waals surface area contributed by atoms with Crippen LogP contribution in [0.25, 0.3) is 0 Å². The maximum Gasteiger partial charge on any atom is 0.149 e. The molecule has 1 fully saturated rings. The minimum atomic E-state index is -0.0914. The fourth-order valence-electron chi connectivity index (χ4n) is 1.87. The van der Waals surface area contributed by atoms with Gasteiger partial charge in [0.2, 0.25) is 0 Å². The molecule has 90 valence electrons. The van der Waals surface area contributed by atoms with Crippen molar-refractivity contribution in [1.82, 2.24) is 5.32 Å². The van der Waals surface area contributed by atoms with Gasteiger partial charge in [0.05, 0.1) is 6.04 Å². The van der Waals surface area contributed by atoms with E-state index in [4.69, 9.17) is 0 Å². The van der Waals surface area contributed by atoms with E-state index in [-0.39, 0.29) is 11.9 Å². The molecule has 0 saturated heterocycles. The molecule has 1 N–H and O–H groups in total. The number of carbonyl (C=O) groups excluding carboxylic acids is 1. The number of carbonyl (C=O) groups is 1. The Morgan fingerprint density at radius 2 is 2.19 bits per heavy atom. The fourth-order valence-corrected chi connectivity index (χ4v) is 1.87. The smallest absolute Gasteiger partial charge is 0.149 e. The van der Waals surface area contributed by atoms with Crippen LogP contribution < -0.4 is 5.32 Å². The Morgan fingerprint density at radius 3 is 2.56 bits per heavy atom. The van der Waals surface area contributed by atoms with Crippen molar-refractivity contribution in [3.8, 4) is 0 Å². The molecule has 0 amide bonds. The van der Waals surface area contributed by atoms with Crippen LogP contribution in [0.4, 0.5) is 4.39 Å². The zero-order chi connectivity index (χ0) is 11.8. The van der Waals surface area contributed by atoms with Crippen LogP contribution in [0.2, 0.25) is 0 Å². The van der Waals surface area contributed by atoms with Gasteiger partial charge in [0.1, 0.15) is 11.6 Å². The van der Waals surface area contributed by atoms with Crippen molar-refractivity contribution >= 4 is 5.78 Å². The van der Waals surface area contributed by atoms with Crippen molar-refractivity contribution < 1.29 is 9.18 Å². The van der Waals surface area contributed by atoms with E-state index in [9.17, 15) is 9.18 Å². The molecule has 1 unspecified atom stereocenters. The highest BCUT2D eigenvalue weighted by Crippen LogP contribution is 2.13. The molecule has 2 aliphatic rings. The summed E-state index contributed by atoms with van der Waals surface area (Å²) in [5.74, 6) is 0.301. The van der Waals surface area contributed by atoms with E-state index in [0.29, 0.717) is 5.78 Å². The van der Waals surface area contributed by atoms with Gasteiger partial charge in [0.15, 0.2) is 0 Å². The van der Waals surface area contributed by atoms with E-state index in [0.717, 1.165) is 32.1 Å². The number of allylic oxidation sites excluding steroid dienone is 4. The van der Waals surface area contributed by atoms with E-state index in [1.54, 1.807) is 6.08 Å². The van der Waals surface area contributed by atoms with Crippen molar-refractivity contribution in [1.29, 1.82) is 0 Å². The van der Waals surface area contributed by atoms with Crippen molar-refractivity contribution in [2.75, 3.05) is 7.05 Å². The largest absolute Gasteiger partial charge is 0.311 e. The second-order valence-electron chi connectivity index (χ2n) is 4.12. The maximum absolute atomic E-state index is 12.0. The van der Waals surface area contributed by atoms with Crippen LogP contribution in [0.5, 0.6) is 0 Å². The summed E-state index contributed by atoms with van der Waals surface area (Å²) in [5, 5.41) is 3.00. The number of ketones is 1. The van der Waals surface area contributed by atoms with Crippen LogP contribution in [-0.2, 0) is 4.79 Å². The van der Waals surface area contributed by atoms with Gasteiger partial charge in [-0.1, -0.05) is 12.5 Å². The molecule has 0 aromatic heterocycles. The number of hydrogen-bond donors (Lipinski definition) is 1. The summed E-state index contributed by atoms with van der Waals surface area (Å²) in [6.07, 6.45) is 10.9. The Bertz CT molecular complexity index is 284. The number of rotatable bonds is 1. The Kier molecular flexibility index (Phi) is 6.01. The molecule has 0 spiro atoms. The minimum absolute atomic E-state index is 0.0914. The predicted octanol–water partition coefficient (Wildman–Crippen LogP) is 2.91. The fraction of sp³-hybridized carbons (Fsp3) is 0.615. The third kappa shape index (κ3) is 4.71. The minimum Gasteiger partial charge on any atom is -0.311 e. The highest BCUT2D eigenvalue weighted by Gasteiger charge is 2.19. The molecular formula is C13H20FNO. The lowest BCUT2D eigenvalue weighted by molar-refractivity contribution is -0.122. The van der Waals surface area contributed by atoms with E-state index < -0.39 is 0 Å². The third-order valence-electron chi connectivity index (χ3n) is 2.85. The molecule has 16 heavy (non-hydrogen) atoms. The van der Waals surface area contributed by atoms with E-state index in [2.05, 4.69) is 5.32 Å². The standard InChI is InChI=1S/C7H13NO.C6H7F/c1-8-6-4-2-3-5-7(6)9;7-6-4-2-1-3-5-6/h6,8H,2-5H2,1H3;2,4-5H,1,3H2. The van der Waals surface area contributed by atoms with Gasteiger partial charge in [0, 0.05) is 6.42 Å². The summed E-state index contributed by atoms with van der Waals surface area (Å²) < 4.78 is 12.0. The van der Waals surface area contributed by atoms with Crippen LogP contribution in [-0.4, -0.2) is 18.9 Å². The quantitative estimate of drug-likeness (QED) is 0.743. The van der Waals surface area contributed by atoms with Gasteiger partial charge in [0.25, 0.3) is 0 Å². The Morgan fingerprint density at radius 1 is 1.38 bits per heavy atom. The first-order valence-electron chi connectivity index (χ1n) is 5.96. The Labute approximate surface area is 96.6 Å². The summed E-state index contributed by atoms with van der Waals surface area (Å²) >= 11 is 0. The van der Waals surface area contributed by atoms with Crippen LogP contribution in [0.15, 0.2) is 24.1 Å². The second-order valence-corrected chi connectivity index (χ2v) is 4.12.